The number of aryl methyl sites for hydroxylation is 1. The fourth-order valence-electron chi connectivity index (χ4n) is 3.11. The number of amides is 1. The molecule has 0 bridgehead atoms. The van der Waals surface area contributed by atoms with Crippen molar-refractivity contribution in [3.63, 3.8) is 0 Å². The molecule has 7 heteroatoms. The maximum atomic E-state index is 13.0. The van der Waals surface area contributed by atoms with Gasteiger partial charge in [0.05, 0.1) is 11.7 Å². The van der Waals surface area contributed by atoms with Gasteiger partial charge in [0, 0.05) is 17.9 Å². The van der Waals surface area contributed by atoms with Crippen molar-refractivity contribution < 1.29 is 9.18 Å². The van der Waals surface area contributed by atoms with Crippen molar-refractivity contribution in [2.24, 2.45) is 0 Å². The van der Waals surface area contributed by atoms with Crippen molar-refractivity contribution in [2.75, 3.05) is 5.32 Å². The minimum atomic E-state index is -0.370. The summed E-state index contributed by atoms with van der Waals surface area (Å²) in [6.07, 6.45) is 2.93. The van der Waals surface area contributed by atoms with Crippen LogP contribution in [0.5, 0.6) is 0 Å². The molecule has 1 aromatic carbocycles. The number of H-pyrrole nitrogens is 1. The Balaban J connectivity index is 1.82. The van der Waals surface area contributed by atoms with Crippen molar-refractivity contribution in [2.45, 2.75) is 19.4 Å². The summed E-state index contributed by atoms with van der Waals surface area (Å²) in [5, 5.41) is 3.21. The zero-order chi connectivity index (χ0) is 16.0. The summed E-state index contributed by atoms with van der Waals surface area (Å²) in [5.41, 5.74) is 1.88. The molecule has 0 aliphatic carbocycles. The highest BCUT2D eigenvalue weighted by Gasteiger charge is 2.27. The maximum absolute atomic E-state index is 13.0. The quantitative estimate of drug-likeness (QED) is 0.760. The van der Waals surface area contributed by atoms with E-state index in [1.807, 2.05) is 4.57 Å². The molecular formula is C16H13FN4O2. The Morgan fingerprint density at radius 2 is 2.09 bits per heavy atom. The van der Waals surface area contributed by atoms with Crippen LogP contribution in [0.15, 0.2) is 35.4 Å². The van der Waals surface area contributed by atoms with Crippen LogP contribution in [0.3, 0.4) is 0 Å². The first-order valence-corrected chi connectivity index (χ1v) is 7.31. The molecule has 6 nitrogen and oxygen atoms in total. The number of hydrogen-bond acceptors (Lipinski definition) is 3. The predicted molar refractivity (Wildman–Crippen MR) is 83.0 cm³/mol. The lowest BCUT2D eigenvalue weighted by atomic mass is 10.2. The Morgan fingerprint density at radius 1 is 1.30 bits per heavy atom. The van der Waals surface area contributed by atoms with E-state index in [2.05, 4.69) is 15.3 Å². The van der Waals surface area contributed by atoms with E-state index in [9.17, 15) is 14.0 Å². The van der Waals surface area contributed by atoms with Gasteiger partial charge in [0.15, 0.2) is 0 Å². The second kappa shape index (κ2) is 5.05. The minimum absolute atomic E-state index is 0.235. The van der Waals surface area contributed by atoms with Crippen LogP contribution < -0.4 is 10.9 Å². The Hall–Kier alpha value is -2.96. The number of aromatic nitrogens is 3. The van der Waals surface area contributed by atoms with Gasteiger partial charge in [-0.2, -0.15) is 0 Å². The predicted octanol–water partition coefficient (Wildman–Crippen LogP) is 2.06. The minimum Gasteiger partial charge on any atom is -0.338 e. The molecule has 23 heavy (non-hydrogen) atoms. The third-order valence-electron chi connectivity index (χ3n) is 4.07. The summed E-state index contributed by atoms with van der Waals surface area (Å²) < 4.78 is 14.8. The molecule has 0 fully saturated rings. The Kier molecular flexibility index (Phi) is 3.00. The van der Waals surface area contributed by atoms with Crippen LogP contribution in [0.25, 0.3) is 10.9 Å². The van der Waals surface area contributed by atoms with Crippen LogP contribution in [0.4, 0.5) is 10.1 Å². The summed E-state index contributed by atoms with van der Waals surface area (Å²) in [6.45, 7) is 0.678. The Labute approximate surface area is 130 Å². The first-order valence-electron chi connectivity index (χ1n) is 7.31. The molecule has 0 atom stereocenters. The summed E-state index contributed by atoms with van der Waals surface area (Å²) in [6, 6.07) is 5.53. The number of carbonyl (C=O) groups excluding carboxylic acids is 1. The average Bonchev–Trinajstić information content (AvgIpc) is 3.09. The lowest BCUT2D eigenvalue weighted by molar-refractivity contribution is 0.102. The van der Waals surface area contributed by atoms with Gasteiger partial charge in [0.2, 0.25) is 0 Å². The second-order valence-corrected chi connectivity index (χ2v) is 5.47. The highest BCUT2D eigenvalue weighted by atomic mass is 19.1. The number of nitrogens with one attached hydrogen (secondary N) is 2. The highest BCUT2D eigenvalue weighted by Crippen LogP contribution is 2.28. The van der Waals surface area contributed by atoms with E-state index in [4.69, 9.17) is 0 Å². The number of anilines is 1. The molecule has 4 rings (SSSR count). The lowest BCUT2D eigenvalue weighted by Gasteiger charge is -2.08. The molecular weight excluding hydrogens is 299 g/mol. The molecule has 0 unspecified atom stereocenters. The standard InChI is InChI=1S/C16H13FN4O2/c17-9-3-5-10(6-4-9)20-16(23)14-13-12(15(22)19-8-18-13)11-2-1-7-21(11)14/h3-6,8H,1-2,7H2,(H,20,23)(H,18,19,22). The molecule has 1 amide bonds. The monoisotopic (exact) mass is 312 g/mol. The fraction of sp³-hybridized carbons (Fsp3) is 0.188. The number of hydrogen-bond donors (Lipinski definition) is 2. The van der Waals surface area contributed by atoms with E-state index in [0.717, 1.165) is 18.5 Å². The van der Waals surface area contributed by atoms with Crippen molar-refractivity contribution in [3.8, 4) is 0 Å². The molecule has 2 N–H and O–H groups in total. The highest BCUT2D eigenvalue weighted by molar-refractivity contribution is 6.11. The van der Waals surface area contributed by atoms with E-state index < -0.39 is 0 Å². The molecule has 0 radical (unpaired) electrons. The lowest BCUT2D eigenvalue weighted by Crippen LogP contribution is -2.17. The van der Waals surface area contributed by atoms with Crippen LogP contribution in [0.1, 0.15) is 22.6 Å². The molecule has 3 heterocycles. The third-order valence-corrected chi connectivity index (χ3v) is 4.07. The number of carbonyl (C=O) groups is 1. The summed E-state index contributed by atoms with van der Waals surface area (Å²) in [4.78, 5) is 31.5. The first kappa shape index (κ1) is 13.7. The molecule has 1 aliphatic rings. The molecule has 2 aromatic heterocycles. The maximum Gasteiger partial charge on any atom is 0.274 e. The topological polar surface area (TPSA) is 79.8 Å². The van der Waals surface area contributed by atoms with Gasteiger partial charge in [0.1, 0.15) is 17.0 Å². The fourth-order valence-corrected chi connectivity index (χ4v) is 3.11. The summed E-state index contributed by atoms with van der Waals surface area (Å²) in [5.74, 6) is -0.724. The summed E-state index contributed by atoms with van der Waals surface area (Å²) >= 11 is 0. The molecule has 3 aromatic rings. The molecule has 0 saturated heterocycles. The van der Waals surface area contributed by atoms with Crippen LogP contribution in [0, 0.1) is 5.82 Å². The normalized spacial score (nSPS) is 13.3. The third kappa shape index (κ3) is 2.12. The van der Waals surface area contributed by atoms with Gasteiger partial charge in [-0.1, -0.05) is 0 Å². The van der Waals surface area contributed by atoms with Crippen molar-refractivity contribution in [3.05, 3.63) is 58.2 Å². The Bertz CT molecular complexity index is 972. The zero-order valence-electron chi connectivity index (χ0n) is 12.1. The number of nitrogens with zero attached hydrogens (tertiary/aromatic N) is 2. The van der Waals surface area contributed by atoms with Crippen molar-refractivity contribution >= 4 is 22.5 Å². The van der Waals surface area contributed by atoms with Crippen LogP contribution in [-0.2, 0) is 13.0 Å². The molecule has 116 valence electrons. The first-order chi connectivity index (χ1) is 11.1. The Morgan fingerprint density at radius 3 is 2.87 bits per heavy atom. The zero-order valence-corrected chi connectivity index (χ0v) is 12.1. The largest absolute Gasteiger partial charge is 0.338 e. The number of halogens is 1. The van der Waals surface area contributed by atoms with E-state index in [0.29, 0.717) is 28.8 Å². The van der Waals surface area contributed by atoms with Gasteiger partial charge in [-0.3, -0.25) is 9.59 Å². The number of aromatic amines is 1. The van der Waals surface area contributed by atoms with E-state index in [-0.39, 0.29) is 17.3 Å². The van der Waals surface area contributed by atoms with E-state index in [1.165, 1.54) is 30.6 Å². The van der Waals surface area contributed by atoms with Gasteiger partial charge in [0.25, 0.3) is 11.5 Å². The molecule has 1 aliphatic heterocycles. The van der Waals surface area contributed by atoms with E-state index in [1.54, 1.807) is 0 Å². The van der Waals surface area contributed by atoms with Crippen LogP contribution >= 0.6 is 0 Å². The van der Waals surface area contributed by atoms with Crippen molar-refractivity contribution in [1.82, 2.24) is 14.5 Å². The number of rotatable bonds is 2. The summed E-state index contributed by atoms with van der Waals surface area (Å²) in [7, 11) is 0. The SMILES string of the molecule is O=C(Nc1ccc(F)cc1)c1c2nc[nH]c(=O)c2c2n1CCC2. The molecule has 0 saturated carbocycles. The van der Waals surface area contributed by atoms with Gasteiger partial charge >= 0.3 is 0 Å². The number of fused-ring (bicyclic) bond motifs is 3. The molecule has 0 spiro atoms. The van der Waals surface area contributed by atoms with Crippen LogP contribution in [0.2, 0.25) is 0 Å². The van der Waals surface area contributed by atoms with Crippen LogP contribution in [-0.4, -0.2) is 20.4 Å². The van der Waals surface area contributed by atoms with Gasteiger partial charge in [-0.25, -0.2) is 9.37 Å². The van der Waals surface area contributed by atoms with Gasteiger partial charge < -0.3 is 14.9 Å². The van der Waals surface area contributed by atoms with Gasteiger partial charge in [-0.05, 0) is 37.1 Å². The average molecular weight is 312 g/mol. The second-order valence-electron chi connectivity index (χ2n) is 5.47. The van der Waals surface area contributed by atoms with E-state index >= 15 is 0 Å². The number of benzene rings is 1. The van der Waals surface area contributed by atoms with Crippen molar-refractivity contribution in [1.29, 1.82) is 0 Å². The van der Waals surface area contributed by atoms with Gasteiger partial charge in [-0.15, -0.1) is 0 Å². The smallest absolute Gasteiger partial charge is 0.274 e.